The SMILES string of the molecule is CC(C)(C)/C(O)=C/C(=N)NC(=O)[C@@H]1CCCN1. The quantitative estimate of drug-likeness (QED) is 0.333. The molecule has 1 rings (SSSR count). The van der Waals surface area contributed by atoms with Crippen LogP contribution in [-0.2, 0) is 4.79 Å². The first-order chi connectivity index (χ1) is 7.80. The lowest BCUT2D eigenvalue weighted by Crippen LogP contribution is -2.42. The molecule has 5 nitrogen and oxygen atoms in total. The van der Waals surface area contributed by atoms with Crippen molar-refractivity contribution in [1.29, 1.82) is 5.41 Å². The first-order valence-corrected chi connectivity index (χ1v) is 5.84. The van der Waals surface area contributed by atoms with Crippen molar-refractivity contribution in [2.75, 3.05) is 6.54 Å². The zero-order chi connectivity index (χ0) is 13.1. The van der Waals surface area contributed by atoms with Crippen molar-refractivity contribution < 1.29 is 9.90 Å². The molecule has 4 N–H and O–H groups in total. The van der Waals surface area contributed by atoms with E-state index in [4.69, 9.17) is 5.41 Å². The number of hydrogen-bond donors (Lipinski definition) is 4. The maximum absolute atomic E-state index is 11.7. The van der Waals surface area contributed by atoms with Gasteiger partial charge in [-0.3, -0.25) is 10.2 Å². The van der Waals surface area contributed by atoms with E-state index in [2.05, 4.69) is 10.6 Å². The maximum atomic E-state index is 11.7. The summed E-state index contributed by atoms with van der Waals surface area (Å²) >= 11 is 0. The molecule has 5 heteroatoms. The average Bonchev–Trinajstić information content (AvgIpc) is 2.68. The van der Waals surface area contributed by atoms with Crippen LogP contribution in [-0.4, -0.2) is 29.4 Å². The van der Waals surface area contributed by atoms with E-state index < -0.39 is 5.41 Å². The molecule has 0 unspecified atom stereocenters. The van der Waals surface area contributed by atoms with Gasteiger partial charge in [0.05, 0.1) is 6.04 Å². The fraction of sp³-hybridized carbons (Fsp3) is 0.667. The predicted octanol–water partition coefficient (Wildman–Crippen LogP) is 1.32. The number of nitrogens with one attached hydrogen (secondary N) is 3. The summed E-state index contributed by atoms with van der Waals surface area (Å²) in [6.45, 7) is 6.36. The minimum absolute atomic E-state index is 0.0730. The highest BCUT2D eigenvalue weighted by molar-refractivity contribution is 6.04. The Morgan fingerprint density at radius 1 is 1.53 bits per heavy atom. The first-order valence-electron chi connectivity index (χ1n) is 5.84. The monoisotopic (exact) mass is 239 g/mol. The summed E-state index contributed by atoms with van der Waals surface area (Å²) in [5, 5.41) is 22.8. The van der Waals surface area contributed by atoms with Gasteiger partial charge in [0.2, 0.25) is 5.91 Å². The van der Waals surface area contributed by atoms with Crippen LogP contribution in [0.5, 0.6) is 0 Å². The van der Waals surface area contributed by atoms with Gasteiger partial charge in [0.1, 0.15) is 11.6 Å². The van der Waals surface area contributed by atoms with Gasteiger partial charge in [-0.2, -0.15) is 0 Å². The van der Waals surface area contributed by atoms with E-state index in [1.54, 1.807) is 0 Å². The highest BCUT2D eigenvalue weighted by atomic mass is 16.3. The Morgan fingerprint density at radius 3 is 2.65 bits per heavy atom. The Labute approximate surface area is 102 Å². The molecule has 0 aromatic carbocycles. The largest absolute Gasteiger partial charge is 0.512 e. The van der Waals surface area contributed by atoms with Crippen molar-refractivity contribution in [2.24, 2.45) is 5.41 Å². The Kier molecular flexibility index (Phi) is 4.28. The fourth-order valence-corrected chi connectivity index (χ4v) is 1.52. The lowest BCUT2D eigenvalue weighted by Gasteiger charge is -2.17. The minimum atomic E-state index is -0.414. The van der Waals surface area contributed by atoms with Gasteiger partial charge in [0.15, 0.2) is 0 Å². The molecule has 1 atom stereocenters. The molecule has 0 bridgehead atoms. The summed E-state index contributed by atoms with van der Waals surface area (Å²) < 4.78 is 0. The van der Waals surface area contributed by atoms with Gasteiger partial charge in [0, 0.05) is 11.5 Å². The minimum Gasteiger partial charge on any atom is -0.512 e. The number of allylic oxidation sites excluding steroid dienone is 1. The van der Waals surface area contributed by atoms with Crippen LogP contribution in [0.15, 0.2) is 11.8 Å². The molecule has 0 aromatic heterocycles. The normalized spacial score (nSPS) is 21.4. The highest BCUT2D eigenvalue weighted by Gasteiger charge is 2.23. The van der Waals surface area contributed by atoms with E-state index in [1.165, 1.54) is 6.08 Å². The molecule has 96 valence electrons. The van der Waals surface area contributed by atoms with E-state index in [0.29, 0.717) is 0 Å². The second kappa shape index (κ2) is 5.31. The number of hydrogen-bond acceptors (Lipinski definition) is 4. The number of carbonyl (C=O) groups excluding carboxylic acids is 1. The third-order valence-corrected chi connectivity index (χ3v) is 2.68. The molecule has 0 spiro atoms. The molecule has 0 aliphatic carbocycles. The number of carbonyl (C=O) groups is 1. The number of aliphatic hydroxyl groups is 1. The molecule has 0 aromatic rings. The zero-order valence-corrected chi connectivity index (χ0v) is 10.6. The summed E-state index contributed by atoms with van der Waals surface area (Å²) in [6, 6.07) is -0.208. The van der Waals surface area contributed by atoms with Gasteiger partial charge in [-0.1, -0.05) is 20.8 Å². The van der Waals surface area contributed by atoms with Crippen molar-refractivity contribution in [1.82, 2.24) is 10.6 Å². The van der Waals surface area contributed by atoms with Crippen molar-refractivity contribution >= 4 is 11.7 Å². The van der Waals surface area contributed by atoms with Crippen LogP contribution < -0.4 is 10.6 Å². The topological polar surface area (TPSA) is 85.2 Å². The number of rotatable bonds is 2. The molecular weight excluding hydrogens is 218 g/mol. The molecule has 0 radical (unpaired) electrons. The number of amides is 1. The van der Waals surface area contributed by atoms with Crippen LogP contribution in [0.1, 0.15) is 33.6 Å². The third-order valence-electron chi connectivity index (χ3n) is 2.68. The molecule has 1 amide bonds. The molecule has 1 fully saturated rings. The van der Waals surface area contributed by atoms with Gasteiger partial charge in [-0.15, -0.1) is 0 Å². The van der Waals surface area contributed by atoms with Gasteiger partial charge >= 0.3 is 0 Å². The molecule has 1 aliphatic heterocycles. The summed E-state index contributed by atoms with van der Waals surface area (Å²) in [7, 11) is 0. The Morgan fingerprint density at radius 2 is 2.18 bits per heavy atom. The molecule has 1 aliphatic rings. The predicted molar refractivity (Wildman–Crippen MR) is 67.1 cm³/mol. The second-order valence-electron chi connectivity index (χ2n) is 5.33. The first kappa shape index (κ1) is 13.7. The Bertz CT molecular complexity index is 336. The van der Waals surface area contributed by atoms with Crippen molar-refractivity contribution in [2.45, 2.75) is 39.7 Å². The second-order valence-corrected chi connectivity index (χ2v) is 5.33. The van der Waals surface area contributed by atoms with E-state index in [1.807, 2.05) is 20.8 Å². The van der Waals surface area contributed by atoms with E-state index in [9.17, 15) is 9.90 Å². The molecule has 17 heavy (non-hydrogen) atoms. The van der Waals surface area contributed by atoms with Crippen LogP contribution in [0.3, 0.4) is 0 Å². The standard InChI is InChI=1S/C12H21N3O2/c1-12(2,3)9(16)7-10(13)15-11(17)8-5-4-6-14-8/h7-8,14,16H,4-6H2,1-3H3,(H2,13,15,17)/b9-7-/t8-/m0/s1. The lowest BCUT2D eigenvalue weighted by molar-refractivity contribution is -0.121. The third kappa shape index (κ3) is 4.19. The van der Waals surface area contributed by atoms with Crippen LogP contribution in [0, 0.1) is 10.8 Å². The number of amidine groups is 1. The fourth-order valence-electron chi connectivity index (χ4n) is 1.52. The summed E-state index contributed by atoms with van der Waals surface area (Å²) in [4.78, 5) is 11.7. The Hall–Kier alpha value is -1.36. The van der Waals surface area contributed by atoms with Crippen molar-refractivity contribution in [3.63, 3.8) is 0 Å². The summed E-state index contributed by atoms with van der Waals surface area (Å²) in [6.07, 6.45) is 3.06. The molecule has 0 saturated carbocycles. The van der Waals surface area contributed by atoms with Crippen LogP contribution in [0.4, 0.5) is 0 Å². The van der Waals surface area contributed by atoms with Gasteiger partial charge in [-0.25, -0.2) is 0 Å². The van der Waals surface area contributed by atoms with Crippen LogP contribution in [0.2, 0.25) is 0 Å². The smallest absolute Gasteiger partial charge is 0.242 e. The molecule has 1 heterocycles. The Balaban J connectivity index is 2.52. The zero-order valence-electron chi connectivity index (χ0n) is 10.6. The van der Waals surface area contributed by atoms with Crippen LogP contribution >= 0.6 is 0 Å². The molecular formula is C12H21N3O2. The summed E-state index contributed by atoms with van der Waals surface area (Å²) in [5.41, 5.74) is -0.414. The summed E-state index contributed by atoms with van der Waals surface area (Å²) in [5.74, 6) is -0.191. The van der Waals surface area contributed by atoms with E-state index in [-0.39, 0.29) is 23.5 Å². The van der Waals surface area contributed by atoms with E-state index in [0.717, 1.165) is 19.4 Å². The van der Waals surface area contributed by atoms with Crippen molar-refractivity contribution in [3.05, 3.63) is 11.8 Å². The van der Waals surface area contributed by atoms with Crippen molar-refractivity contribution in [3.8, 4) is 0 Å². The lowest BCUT2D eigenvalue weighted by atomic mass is 9.93. The number of aliphatic hydroxyl groups excluding tert-OH is 1. The van der Waals surface area contributed by atoms with Gasteiger partial charge in [0.25, 0.3) is 0 Å². The van der Waals surface area contributed by atoms with Crippen LogP contribution in [0.25, 0.3) is 0 Å². The highest BCUT2D eigenvalue weighted by Crippen LogP contribution is 2.21. The van der Waals surface area contributed by atoms with E-state index >= 15 is 0 Å². The van der Waals surface area contributed by atoms with Gasteiger partial charge < -0.3 is 15.7 Å². The average molecular weight is 239 g/mol. The molecule has 1 saturated heterocycles. The maximum Gasteiger partial charge on any atom is 0.242 e. The van der Waals surface area contributed by atoms with Gasteiger partial charge in [-0.05, 0) is 19.4 Å².